The normalized spacial score (nSPS) is 34.5. The van der Waals surface area contributed by atoms with Crippen molar-refractivity contribution in [3.8, 4) is 0 Å². The van der Waals surface area contributed by atoms with Crippen LogP contribution in [0.3, 0.4) is 0 Å². The molecule has 5 atom stereocenters. The number of allylic oxidation sites excluding steroid dienone is 4. The summed E-state index contributed by atoms with van der Waals surface area (Å²) in [5, 5.41) is 10.1. The fraction of sp³-hybridized carbons (Fsp3) is 0.750. The Morgan fingerprint density at radius 3 is 2.75 bits per heavy atom. The Balaban J connectivity index is 1.68. The van der Waals surface area contributed by atoms with Gasteiger partial charge in [-0.2, -0.15) is 0 Å². The molecule has 0 radical (unpaired) electrons. The predicted molar refractivity (Wildman–Crippen MR) is 131 cm³/mol. The van der Waals surface area contributed by atoms with E-state index in [4.69, 9.17) is 10.5 Å². The van der Waals surface area contributed by atoms with Crippen LogP contribution >= 0.6 is 0 Å². The van der Waals surface area contributed by atoms with Crippen LogP contribution in [0, 0.1) is 23.2 Å². The Hall–Kier alpha value is -1.55. The molecule has 3 aliphatic rings. The molecule has 1 amide bonds. The number of aliphatic hydroxyl groups is 1. The third-order valence-electron chi connectivity index (χ3n) is 8.62. The maximum atomic E-state index is 11.2. The lowest BCUT2D eigenvalue weighted by molar-refractivity contribution is 0.0596. The summed E-state index contributed by atoms with van der Waals surface area (Å²) in [6, 6.07) is 0. The van der Waals surface area contributed by atoms with Gasteiger partial charge >= 0.3 is 6.09 Å². The molecule has 0 saturated heterocycles. The highest BCUT2D eigenvalue weighted by Crippen LogP contribution is 2.60. The molecule has 4 heteroatoms. The molecule has 0 aromatic heterocycles. The van der Waals surface area contributed by atoms with Crippen molar-refractivity contribution in [3.63, 3.8) is 0 Å². The number of carbonyl (C=O) groups excluding carboxylic acids is 1. The van der Waals surface area contributed by atoms with Gasteiger partial charge in [0.15, 0.2) is 0 Å². The van der Waals surface area contributed by atoms with E-state index in [2.05, 4.69) is 32.6 Å². The van der Waals surface area contributed by atoms with Gasteiger partial charge in [-0.25, -0.2) is 4.79 Å². The first kappa shape index (κ1) is 25.1. The fourth-order valence-corrected chi connectivity index (χ4v) is 6.92. The average molecular weight is 444 g/mol. The van der Waals surface area contributed by atoms with Crippen molar-refractivity contribution in [2.24, 2.45) is 28.9 Å². The highest BCUT2D eigenvalue weighted by molar-refractivity contribution is 5.65. The lowest BCUT2D eigenvalue weighted by atomic mass is 9.60. The minimum absolute atomic E-state index is 0.125. The van der Waals surface area contributed by atoms with E-state index in [0.717, 1.165) is 37.2 Å². The molecule has 0 heterocycles. The Morgan fingerprint density at radius 1 is 1.31 bits per heavy atom. The van der Waals surface area contributed by atoms with Crippen molar-refractivity contribution >= 4 is 6.09 Å². The molecule has 3 aliphatic carbocycles. The van der Waals surface area contributed by atoms with Gasteiger partial charge in [-0.05, 0) is 94.0 Å². The van der Waals surface area contributed by atoms with Crippen LogP contribution in [0.15, 0.2) is 35.5 Å². The summed E-state index contributed by atoms with van der Waals surface area (Å²) in [4.78, 5) is 11.2. The lowest BCUT2D eigenvalue weighted by Gasteiger charge is -2.44. The van der Waals surface area contributed by atoms with E-state index in [1.54, 1.807) is 5.57 Å². The molecular formula is C28H45NO3. The molecule has 0 aromatic rings. The molecular weight excluding hydrogens is 398 g/mol. The SMILES string of the molecule is C=C1CC[C@H](OC(N)=O)C/C1=C/C=C1\CCC[C@@]2(C)C1CC[C@@H]2[C@@H](C)CCCC(C)(C)O. The van der Waals surface area contributed by atoms with Crippen molar-refractivity contribution in [1.29, 1.82) is 0 Å². The van der Waals surface area contributed by atoms with Gasteiger partial charge in [-0.1, -0.05) is 56.6 Å². The Morgan fingerprint density at radius 2 is 2.06 bits per heavy atom. The molecule has 180 valence electrons. The van der Waals surface area contributed by atoms with E-state index in [0.29, 0.717) is 23.7 Å². The minimum Gasteiger partial charge on any atom is -0.446 e. The summed E-state index contributed by atoms with van der Waals surface area (Å²) in [5.41, 5.74) is 9.03. The van der Waals surface area contributed by atoms with Crippen molar-refractivity contribution in [3.05, 3.63) is 35.5 Å². The highest BCUT2D eigenvalue weighted by Gasteiger charge is 2.50. The van der Waals surface area contributed by atoms with Crippen LogP contribution in [0.5, 0.6) is 0 Å². The number of nitrogens with two attached hydrogens (primary N) is 1. The first-order valence-electron chi connectivity index (χ1n) is 12.8. The van der Waals surface area contributed by atoms with Crippen LogP contribution in [0.2, 0.25) is 0 Å². The zero-order valence-corrected chi connectivity index (χ0v) is 20.8. The van der Waals surface area contributed by atoms with Crippen LogP contribution in [0.25, 0.3) is 0 Å². The van der Waals surface area contributed by atoms with Crippen LogP contribution in [-0.2, 0) is 4.74 Å². The quantitative estimate of drug-likeness (QED) is 0.452. The molecule has 3 fully saturated rings. The number of rotatable bonds is 7. The van der Waals surface area contributed by atoms with Gasteiger partial charge in [-0.15, -0.1) is 0 Å². The standard InChI is InChI=1S/C28H45NO3/c1-19-10-13-23(32-26(29)30)18-22(19)12-11-21-9-7-17-28(5)24(14-15-25(21)28)20(2)8-6-16-27(3,4)31/h11-12,20,23-25,31H,1,6-10,13-18H2,2-5H3,(H2,29,30)/b21-11+,22-12-/t20-,23-,24+,25?,28+/m0/s1. The number of primary amides is 1. The second kappa shape index (κ2) is 10.2. The van der Waals surface area contributed by atoms with Gasteiger partial charge in [0.25, 0.3) is 0 Å². The van der Waals surface area contributed by atoms with Crippen LogP contribution < -0.4 is 5.73 Å². The van der Waals surface area contributed by atoms with Gasteiger partial charge in [0.2, 0.25) is 0 Å². The fourth-order valence-electron chi connectivity index (χ4n) is 6.92. The zero-order valence-electron chi connectivity index (χ0n) is 20.8. The molecule has 0 spiro atoms. The second-order valence-corrected chi connectivity index (χ2v) is 11.6. The van der Waals surface area contributed by atoms with E-state index in [9.17, 15) is 9.90 Å². The third kappa shape index (κ3) is 6.07. The van der Waals surface area contributed by atoms with Crippen molar-refractivity contribution in [2.45, 2.75) is 110 Å². The zero-order chi connectivity index (χ0) is 23.5. The summed E-state index contributed by atoms with van der Waals surface area (Å²) in [6.45, 7) is 13.1. The molecule has 3 saturated carbocycles. The predicted octanol–water partition coefficient (Wildman–Crippen LogP) is 6.84. The minimum atomic E-state index is -0.683. The number of amides is 1. The average Bonchev–Trinajstić information content (AvgIpc) is 3.04. The van der Waals surface area contributed by atoms with Crippen molar-refractivity contribution in [2.75, 3.05) is 0 Å². The van der Waals surface area contributed by atoms with Gasteiger partial charge in [0.1, 0.15) is 6.10 Å². The summed E-state index contributed by atoms with van der Waals surface area (Å²) >= 11 is 0. The molecule has 0 bridgehead atoms. The summed E-state index contributed by atoms with van der Waals surface area (Å²) < 4.78 is 5.26. The summed E-state index contributed by atoms with van der Waals surface area (Å²) in [6.07, 6.45) is 15.8. The van der Waals surface area contributed by atoms with Crippen LogP contribution in [0.4, 0.5) is 4.79 Å². The lowest BCUT2D eigenvalue weighted by Crippen LogP contribution is -2.36. The van der Waals surface area contributed by atoms with Gasteiger partial charge in [-0.3, -0.25) is 0 Å². The molecule has 0 aromatic carbocycles. The number of carbonyl (C=O) groups is 1. The number of fused-ring (bicyclic) bond motifs is 1. The summed E-state index contributed by atoms with van der Waals surface area (Å²) in [7, 11) is 0. The molecule has 32 heavy (non-hydrogen) atoms. The largest absolute Gasteiger partial charge is 0.446 e. The first-order valence-corrected chi connectivity index (χ1v) is 12.8. The van der Waals surface area contributed by atoms with Gasteiger partial charge in [0, 0.05) is 6.42 Å². The van der Waals surface area contributed by atoms with Crippen molar-refractivity contribution < 1.29 is 14.6 Å². The Kier molecular flexibility index (Phi) is 7.96. The first-order chi connectivity index (χ1) is 15.0. The van der Waals surface area contributed by atoms with Crippen molar-refractivity contribution in [1.82, 2.24) is 0 Å². The highest BCUT2D eigenvalue weighted by atomic mass is 16.6. The number of hydrogen-bond acceptors (Lipinski definition) is 3. The van der Waals surface area contributed by atoms with Gasteiger partial charge < -0.3 is 15.6 Å². The smallest absolute Gasteiger partial charge is 0.404 e. The molecule has 1 unspecified atom stereocenters. The molecule has 3 N–H and O–H groups in total. The summed E-state index contributed by atoms with van der Waals surface area (Å²) in [5.74, 6) is 2.14. The molecule has 3 rings (SSSR count). The van der Waals surface area contributed by atoms with E-state index < -0.39 is 11.7 Å². The second-order valence-electron chi connectivity index (χ2n) is 11.6. The van der Waals surface area contributed by atoms with Gasteiger partial charge in [0.05, 0.1) is 5.60 Å². The molecule has 0 aliphatic heterocycles. The van der Waals surface area contributed by atoms with E-state index >= 15 is 0 Å². The maximum absolute atomic E-state index is 11.2. The monoisotopic (exact) mass is 443 g/mol. The molecule has 4 nitrogen and oxygen atoms in total. The number of ether oxygens (including phenoxy) is 1. The Bertz CT molecular complexity index is 759. The van der Waals surface area contributed by atoms with E-state index in [1.165, 1.54) is 44.1 Å². The van der Waals surface area contributed by atoms with Crippen LogP contribution in [0.1, 0.15) is 98.3 Å². The topological polar surface area (TPSA) is 72.5 Å². The van der Waals surface area contributed by atoms with E-state index in [-0.39, 0.29) is 6.10 Å². The third-order valence-corrected chi connectivity index (χ3v) is 8.62. The Labute approximate surface area is 195 Å². The maximum Gasteiger partial charge on any atom is 0.404 e. The van der Waals surface area contributed by atoms with E-state index in [1.807, 2.05) is 13.8 Å². The van der Waals surface area contributed by atoms with Crippen LogP contribution in [-0.4, -0.2) is 22.9 Å². The number of hydrogen-bond donors (Lipinski definition) is 2.